The molecule has 1 fully saturated rings. The van der Waals surface area contributed by atoms with Crippen molar-refractivity contribution in [2.45, 2.75) is 31.8 Å². The van der Waals surface area contributed by atoms with Crippen molar-refractivity contribution in [3.8, 4) is 0 Å². The van der Waals surface area contributed by atoms with Crippen LogP contribution in [-0.2, 0) is 0 Å². The number of benzene rings is 1. The summed E-state index contributed by atoms with van der Waals surface area (Å²) in [5.41, 5.74) is 0.220. The maximum atomic E-state index is 13.3. The van der Waals surface area contributed by atoms with Gasteiger partial charge in [-0.2, -0.15) is 0 Å². The fourth-order valence-electron chi connectivity index (χ4n) is 2.86. The topological polar surface area (TPSA) is 23.6 Å². The van der Waals surface area contributed by atoms with Crippen LogP contribution in [0.4, 0.5) is 8.78 Å². The van der Waals surface area contributed by atoms with Crippen molar-refractivity contribution in [2.24, 2.45) is 0 Å². The van der Waals surface area contributed by atoms with Crippen LogP contribution in [0.3, 0.4) is 0 Å². The summed E-state index contributed by atoms with van der Waals surface area (Å²) in [5.74, 6) is -2.08. The fraction of sp³-hybridized carbons (Fsp3) is 0.562. The van der Waals surface area contributed by atoms with Crippen LogP contribution in [0.25, 0.3) is 0 Å². The smallest absolute Gasteiger partial charge is 0.179 e. The molecule has 1 saturated heterocycles. The molecule has 0 radical (unpaired) electrons. The Morgan fingerprint density at radius 2 is 2.10 bits per heavy atom. The van der Waals surface area contributed by atoms with Gasteiger partial charge >= 0.3 is 0 Å². The lowest BCUT2D eigenvalue weighted by Crippen LogP contribution is -2.50. The van der Waals surface area contributed by atoms with E-state index in [0.29, 0.717) is 6.04 Å². The first kappa shape index (κ1) is 16.0. The molecular weight excluding hydrogens is 274 g/mol. The summed E-state index contributed by atoms with van der Waals surface area (Å²) in [6.45, 7) is 3.82. The van der Waals surface area contributed by atoms with E-state index in [2.05, 4.69) is 11.9 Å². The standard InChI is InChI=1S/C16H22F2N2O/c1-11(20(3)13-5-4-8-19(2)10-13)16(21)12-6-7-14(17)15(18)9-12/h6-7,9,11,13H,4-5,8,10H2,1-3H3. The summed E-state index contributed by atoms with van der Waals surface area (Å²) >= 11 is 0. The van der Waals surface area contributed by atoms with Gasteiger partial charge in [0.15, 0.2) is 17.4 Å². The van der Waals surface area contributed by atoms with Crippen LogP contribution >= 0.6 is 0 Å². The van der Waals surface area contributed by atoms with Crippen LogP contribution in [0.5, 0.6) is 0 Å². The molecule has 3 nitrogen and oxygen atoms in total. The molecule has 2 atom stereocenters. The highest BCUT2D eigenvalue weighted by atomic mass is 19.2. The summed E-state index contributed by atoms with van der Waals surface area (Å²) in [6.07, 6.45) is 2.16. The van der Waals surface area contributed by atoms with Crippen LogP contribution in [0.15, 0.2) is 18.2 Å². The van der Waals surface area contributed by atoms with Gasteiger partial charge in [-0.15, -0.1) is 0 Å². The van der Waals surface area contributed by atoms with Gasteiger partial charge in [0, 0.05) is 18.2 Å². The molecule has 0 spiro atoms. The Balaban J connectivity index is 2.08. The number of nitrogens with zero attached hydrogens (tertiary/aromatic N) is 2. The van der Waals surface area contributed by atoms with Crippen LogP contribution in [-0.4, -0.2) is 54.9 Å². The summed E-state index contributed by atoms with van der Waals surface area (Å²) in [6, 6.07) is 3.29. The molecule has 0 saturated carbocycles. The molecule has 0 N–H and O–H groups in total. The van der Waals surface area contributed by atoms with Gasteiger partial charge in [-0.1, -0.05) is 0 Å². The molecule has 1 aromatic rings. The monoisotopic (exact) mass is 296 g/mol. The first-order valence-electron chi connectivity index (χ1n) is 7.30. The van der Waals surface area contributed by atoms with Gasteiger partial charge in [-0.05, 0) is 58.6 Å². The molecule has 21 heavy (non-hydrogen) atoms. The summed E-state index contributed by atoms with van der Waals surface area (Å²) in [7, 11) is 3.99. The molecule has 0 amide bonds. The lowest BCUT2D eigenvalue weighted by atomic mass is 9.99. The second-order valence-electron chi connectivity index (χ2n) is 5.89. The number of likely N-dealkylation sites (tertiary alicyclic amines) is 1. The third kappa shape index (κ3) is 3.66. The van der Waals surface area contributed by atoms with Gasteiger partial charge in [-0.3, -0.25) is 9.69 Å². The Morgan fingerprint density at radius 3 is 2.71 bits per heavy atom. The number of carbonyl (C=O) groups excluding carboxylic acids is 1. The van der Waals surface area contributed by atoms with Crippen molar-refractivity contribution in [1.29, 1.82) is 0 Å². The minimum Gasteiger partial charge on any atom is -0.305 e. The molecule has 2 rings (SSSR count). The molecule has 1 aliphatic heterocycles. The van der Waals surface area contributed by atoms with Crippen LogP contribution in [0.2, 0.25) is 0 Å². The summed E-state index contributed by atoms with van der Waals surface area (Å²) in [4.78, 5) is 16.7. The van der Waals surface area contributed by atoms with Crippen molar-refractivity contribution < 1.29 is 13.6 Å². The first-order valence-corrected chi connectivity index (χ1v) is 7.30. The maximum Gasteiger partial charge on any atom is 0.179 e. The zero-order valence-corrected chi connectivity index (χ0v) is 12.8. The highest BCUT2D eigenvalue weighted by Crippen LogP contribution is 2.18. The van der Waals surface area contributed by atoms with Crippen molar-refractivity contribution in [3.63, 3.8) is 0 Å². The van der Waals surface area contributed by atoms with Crippen molar-refractivity contribution in [1.82, 2.24) is 9.80 Å². The summed E-state index contributed by atoms with van der Waals surface area (Å²) < 4.78 is 26.2. The van der Waals surface area contributed by atoms with E-state index in [0.717, 1.165) is 38.1 Å². The van der Waals surface area contributed by atoms with E-state index in [9.17, 15) is 13.6 Å². The SMILES string of the molecule is CC(C(=O)c1ccc(F)c(F)c1)N(C)C1CCCN(C)C1. The number of hydrogen-bond acceptors (Lipinski definition) is 3. The average Bonchev–Trinajstić information content (AvgIpc) is 2.47. The van der Waals surface area contributed by atoms with Crippen LogP contribution in [0.1, 0.15) is 30.1 Å². The van der Waals surface area contributed by atoms with E-state index in [4.69, 9.17) is 0 Å². The number of likely N-dealkylation sites (N-methyl/N-ethyl adjacent to an activating group) is 2. The second-order valence-corrected chi connectivity index (χ2v) is 5.89. The minimum atomic E-state index is -0.979. The van der Waals surface area contributed by atoms with Gasteiger partial charge in [0.2, 0.25) is 0 Å². The van der Waals surface area contributed by atoms with E-state index in [-0.39, 0.29) is 17.4 Å². The number of halogens is 2. The minimum absolute atomic E-state index is 0.176. The second kappa shape index (κ2) is 6.62. The summed E-state index contributed by atoms with van der Waals surface area (Å²) in [5, 5.41) is 0. The zero-order chi connectivity index (χ0) is 15.6. The molecule has 0 aliphatic carbocycles. The molecule has 0 bridgehead atoms. The Kier molecular flexibility index (Phi) is 5.06. The number of Topliss-reactive ketones (excluding diaryl/α,β-unsaturated/α-hetero) is 1. The number of carbonyl (C=O) groups is 1. The zero-order valence-electron chi connectivity index (χ0n) is 12.8. The molecule has 1 aliphatic rings. The van der Waals surface area contributed by atoms with Gasteiger partial charge in [0.05, 0.1) is 6.04 Å². The Hall–Kier alpha value is -1.33. The van der Waals surface area contributed by atoms with E-state index in [1.54, 1.807) is 0 Å². The molecular formula is C16H22F2N2O. The fourth-order valence-corrected chi connectivity index (χ4v) is 2.86. The molecule has 0 aromatic heterocycles. The Labute approximate surface area is 124 Å². The number of rotatable bonds is 4. The third-order valence-electron chi connectivity index (χ3n) is 4.37. The van der Waals surface area contributed by atoms with E-state index < -0.39 is 11.6 Å². The normalized spacial score (nSPS) is 21.5. The van der Waals surface area contributed by atoms with Crippen LogP contribution < -0.4 is 0 Å². The van der Waals surface area contributed by atoms with Gasteiger partial charge < -0.3 is 4.90 Å². The number of ketones is 1. The quantitative estimate of drug-likeness (QED) is 0.798. The highest BCUT2D eigenvalue weighted by Gasteiger charge is 2.28. The van der Waals surface area contributed by atoms with E-state index in [1.165, 1.54) is 6.07 Å². The van der Waals surface area contributed by atoms with E-state index in [1.807, 2.05) is 18.9 Å². The predicted octanol–water partition coefficient (Wildman–Crippen LogP) is 2.56. The van der Waals surface area contributed by atoms with E-state index >= 15 is 0 Å². The lowest BCUT2D eigenvalue weighted by Gasteiger charge is -2.38. The largest absolute Gasteiger partial charge is 0.305 e. The molecule has 2 unspecified atom stereocenters. The van der Waals surface area contributed by atoms with Crippen molar-refractivity contribution >= 4 is 5.78 Å². The van der Waals surface area contributed by atoms with Crippen LogP contribution in [0, 0.1) is 11.6 Å². The maximum absolute atomic E-state index is 13.3. The molecule has 5 heteroatoms. The third-order valence-corrected chi connectivity index (χ3v) is 4.37. The van der Waals surface area contributed by atoms with Crippen molar-refractivity contribution in [3.05, 3.63) is 35.4 Å². The predicted molar refractivity (Wildman–Crippen MR) is 78.4 cm³/mol. The molecule has 116 valence electrons. The number of piperidine rings is 1. The Morgan fingerprint density at radius 1 is 1.38 bits per heavy atom. The van der Waals surface area contributed by atoms with Gasteiger partial charge in [-0.25, -0.2) is 8.78 Å². The lowest BCUT2D eigenvalue weighted by molar-refractivity contribution is 0.0708. The van der Waals surface area contributed by atoms with Gasteiger partial charge in [0.1, 0.15) is 0 Å². The first-order chi connectivity index (χ1) is 9.90. The van der Waals surface area contributed by atoms with Crippen molar-refractivity contribution in [2.75, 3.05) is 27.2 Å². The average molecular weight is 296 g/mol. The van der Waals surface area contributed by atoms with Gasteiger partial charge in [0.25, 0.3) is 0 Å². The molecule has 1 aromatic carbocycles. The number of hydrogen-bond donors (Lipinski definition) is 0. The molecule has 1 heterocycles. The highest BCUT2D eigenvalue weighted by molar-refractivity contribution is 5.99. The Bertz CT molecular complexity index is 521.